The SMILES string of the molecule is CCCN(CC(=O)NC)C(=O)c1cc2cccc(N)c2[nH]1. The lowest BCUT2D eigenvalue weighted by Gasteiger charge is -2.20. The smallest absolute Gasteiger partial charge is 0.270 e. The van der Waals surface area contributed by atoms with Gasteiger partial charge in [-0.05, 0) is 18.6 Å². The van der Waals surface area contributed by atoms with Crippen LogP contribution in [0.25, 0.3) is 10.9 Å². The standard InChI is InChI=1S/C15H20N4O2/c1-3-7-19(9-13(20)17-2)15(21)12-8-10-5-4-6-11(16)14(10)18-12/h4-6,8,18H,3,7,9,16H2,1-2H3,(H,17,20). The molecule has 6 nitrogen and oxygen atoms in total. The van der Waals surface area contributed by atoms with Gasteiger partial charge in [0.05, 0.1) is 17.7 Å². The van der Waals surface area contributed by atoms with Crippen LogP contribution in [0.4, 0.5) is 5.69 Å². The Labute approximate surface area is 123 Å². The molecule has 1 aromatic carbocycles. The van der Waals surface area contributed by atoms with Gasteiger partial charge < -0.3 is 20.9 Å². The van der Waals surface area contributed by atoms with Crippen molar-refractivity contribution in [3.63, 3.8) is 0 Å². The molecule has 0 spiro atoms. The molecule has 0 atom stereocenters. The Morgan fingerprint density at radius 1 is 1.38 bits per heavy atom. The molecule has 1 aromatic heterocycles. The van der Waals surface area contributed by atoms with Crippen LogP contribution in [0, 0.1) is 0 Å². The van der Waals surface area contributed by atoms with Gasteiger partial charge in [0.2, 0.25) is 5.91 Å². The van der Waals surface area contributed by atoms with E-state index in [0.29, 0.717) is 17.9 Å². The van der Waals surface area contributed by atoms with Crippen molar-refractivity contribution in [2.75, 3.05) is 25.9 Å². The number of aromatic amines is 1. The maximum atomic E-state index is 12.5. The number of aromatic nitrogens is 1. The van der Waals surface area contributed by atoms with Crippen molar-refractivity contribution in [1.82, 2.24) is 15.2 Å². The molecule has 0 radical (unpaired) electrons. The summed E-state index contributed by atoms with van der Waals surface area (Å²) in [6, 6.07) is 7.28. The van der Waals surface area contributed by atoms with Crippen LogP contribution in [0.2, 0.25) is 0 Å². The number of para-hydroxylation sites is 1. The summed E-state index contributed by atoms with van der Waals surface area (Å²) in [6.07, 6.45) is 0.783. The number of nitrogens with two attached hydrogens (primary N) is 1. The first-order chi connectivity index (χ1) is 10.1. The highest BCUT2D eigenvalue weighted by atomic mass is 16.2. The number of benzene rings is 1. The number of amides is 2. The number of nitrogens with zero attached hydrogens (tertiary/aromatic N) is 1. The molecule has 2 rings (SSSR count). The monoisotopic (exact) mass is 288 g/mol. The number of fused-ring (bicyclic) bond motifs is 1. The highest BCUT2D eigenvalue weighted by Crippen LogP contribution is 2.21. The predicted molar refractivity (Wildman–Crippen MR) is 83.0 cm³/mol. The van der Waals surface area contributed by atoms with Gasteiger partial charge in [-0.1, -0.05) is 19.1 Å². The van der Waals surface area contributed by atoms with Crippen molar-refractivity contribution >= 4 is 28.4 Å². The van der Waals surface area contributed by atoms with E-state index in [0.717, 1.165) is 17.3 Å². The van der Waals surface area contributed by atoms with Crippen molar-refractivity contribution in [3.05, 3.63) is 30.0 Å². The second-order valence-corrected chi connectivity index (χ2v) is 4.89. The van der Waals surface area contributed by atoms with E-state index in [2.05, 4.69) is 10.3 Å². The number of hydrogen-bond acceptors (Lipinski definition) is 3. The largest absolute Gasteiger partial charge is 0.397 e. The molecule has 2 amide bonds. The third-order valence-corrected chi connectivity index (χ3v) is 3.31. The predicted octanol–water partition coefficient (Wildman–Crippen LogP) is 1.35. The average molecular weight is 288 g/mol. The summed E-state index contributed by atoms with van der Waals surface area (Å²) in [5.41, 5.74) is 7.68. The molecular weight excluding hydrogens is 268 g/mol. The first-order valence-corrected chi connectivity index (χ1v) is 6.94. The number of nitrogens with one attached hydrogen (secondary N) is 2. The van der Waals surface area contributed by atoms with E-state index in [4.69, 9.17) is 5.73 Å². The fraction of sp³-hybridized carbons (Fsp3) is 0.333. The van der Waals surface area contributed by atoms with Crippen LogP contribution in [-0.4, -0.2) is 41.8 Å². The topological polar surface area (TPSA) is 91.2 Å². The summed E-state index contributed by atoms with van der Waals surface area (Å²) < 4.78 is 0. The molecule has 0 aliphatic heterocycles. The molecule has 0 fully saturated rings. The fourth-order valence-electron chi connectivity index (χ4n) is 2.24. The molecule has 2 aromatic rings. The van der Waals surface area contributed by atoms with E-state index in [1.807, 2.05) is 19.1 Å². The van der Waals surface area contributed by atoms with Crippen LogP contribution in [-0.2, 0) is 4.79 Å². The van der Waals surface area contributed by atoms with Gasteiger partial charge in [-0.25, -0.2) is 0 Å². The molecule has 112 valence electrons. The van der Waals surface area contributed by atoms with Crippen LogP contribution in [0.3, 0.4) is 0 Å². The normalized spacial score (nSPS) is 10.6. The van der Waals surface area contributed by atoms with Crippen molar-refractivity contribution in [2.24, 2.45) is 0 Å². The van der Waals surface area contributed by atoms with Gasteiger partial charge >= 0.3 is 0 Å². The number of H-pyrrole nitrogens is 1. The second kappa shape index (κ2) is 6.30. The van der Waals surface area contributed by atoms with E-state index < -0.39 is 0 Å². The minimum atomic E-state index is -0.198. The fourth-order valence-corrected chi connectivity index (χ4v) is 2.24. The lowest BCUT2D eigenvalue weighted by atomic mass is 10.2. The third-order valence-electron chi connectivity index (χ3n) is 3.31. The number of likely N-dealkylation sites (N-methyl/N-ethyl adjacent to an activating group) is 1. The van der Waals surface area contributed by atoms with E-state index in [1.54, 1.807) is 19.2 Å². The summed E-state index contributed by atoms with van der Waals surface area (Å²) in [6.45, 7) is 2.54. The zero-order valence-electron chi connectivity index (χ0n) is 12.3. The Morgan fingerprint density at radius 2 is 2.14 bits per heavy atom. The van der Waals surface area contributed by atoms with Crippen LogP contribution in [0.1, 0.15) is 23.8 Å². The van der Waals surface area contributed by atoms with Gasteiger partial charge in [-0.3, -0.25) is 9.59 Å². The van der Waals surface area contributed by atoms with Crippen LogP contribution >= 0.6 is 0 Å². The van der Waals surface area contributed by atoms with Crippen molar-refractivity contribution < 1.29 is 9.59 Å². The number of carbonyl (C=O) groups is 2. The number of anilines is 1. The zero-order chi connectivity index (χ0) is 15.4. The number of hydrogen-bond donors (Lipinski definition) is 3. The summed E-state index contributed by atoms with van der Waals surface area (Å²) in [7, 11) is 1.56. The number of carbonyl (C=O) groups excluding carboxylic acids is 2. The maximum Gasteiger partial charge on any atom is 0.270 e. The van der Waals surface area contributed by atoms with Crippen LogP contribution in [0.5, 0.6) is 0 Å². The van der Waals surface area contributed by atoms with E-state index >= 15 is 0 Å². The Hall–Kier alpha value is -2.50. The molecule has 0 saturated carbocycles. The molecule has 0 unspecified atom stereocenters. The molecule has 6 heteroatoms. The summed E-state index contributed by atoms with van der Waals surface area (Å²) in [4.78, 5) is 28.6. The average Bonchev–Trinajstić information content (AvgIpc) is 2.91. The van der Waals surface area contributed by atoms with Crippen LogP contribution < -0.4 is 11.1 Å². The van der Waals surface area contributed by atoms with Gasteiger partial charge in [-0.2, -0.15) is 0 Å². The third kappa shape index (κ3) is 3.16. The summed E-state index contributed by atoms with van der Waals surface area (Å²) in [5, 5.41) is 3.42. The number of nitrogen functional groups attached to an aromatic ring is 1. The zero-order valence-corrected chi connectivity index (χ0v) is 12.3. The molecular formula is C15H20N4O2. The van der Waals surface area contributed by atoms with E-state index in [9.17, 15) is 9.59 Å². The molecule has 0 aliphatic rings. The number of rotatable bonds is 5. The Kier molecular flexibility index (Phi) is 4.47. The van der Waals surface area contributed by atoms with Gasteiger partial charge in [0.15, 0.2) is 0 Å². The molecule has 4 N–H and O–H groups in total. The molecule has 21 heavy (non-hydrogen) atoms. The van der Waals surface area contributed by atoms with Crippen molar-refractivity contribution in [2.45, 2.75) is 13.3 Å². The van der Waals surface area contributed by atoms with Gasteiger partial charge in [0, 0.05) is 19.0 Å². The second-order valence-electron chi connectivity index (χ2n) is 4.89. The first kappa shape index (κ1) is 14.9. The Bertz CT molecular complexity index is 663. The first-order valence-electron chi connectivity index (χ1n) is 6.94. The Balaban J connectivity index is 2.29. The van der Waals surface area contributed by atoms with E-state index in [-0.39, 0.29) is 18.4 Å². The molecule has 0 saturated heterocycles. The minimum absolute atomic E-state index is 0.0496. The summed E-state index contributed by atoms with van der Waals surface area (Å²) >= 11 is 0. The highest BCUT2D eigenvalue weighted by molar-refractivity contribution is 6.01. The lowest BCUT2D eigenvalue weighted by molar-refractivity contribution is -0.121. The van der Waals surface area contributed by atoms with Crippen LogP contribution in [0.15, 0.2) is 24.3 Å². The maximum absolute atomic E-state index is 12.5. The molecule has 1 heterocycles. The highest BCUT2D eigenvalue weighted by Gasteiger charge is 2.19. The van der Waals surface area contributed by atoms with E-state index in [1.165, 1.54) is 4.90 Å². The van der Waals surface area contributed by atoms with Gasteiger partial charge in [0.25, 0.3) is 5.91 Å². The van der Waals surface area contributed by atoms with Crippen molar-refractivity contribution in [1.29, 1.82) is 0 Å². The lowest BCUT2D eigenvalue weighted by Crippen LogP contribution is -2.40. The minimum Gasteiger partial charge on any atom is -0.397 e. The molecule has 0 bridgehead atoms. The van der Waals surface area contributed by atoms with Crippen molar-refractivity contribution in [3.8, 4) is 0 Å². The Morgan fingerprint density at radius 3 is 2.76 bits per heavy atom. The van der Waals surface area contributed by atoms with Gasteiger partial charge in [0.1, 0.15) is 5.69 Å². The van der Waals surface area contributed by atoms with Gasteiger partial charge in [-0.15, -0.1) is 0 Å². The summed E-state index contributed by atoms with van der Waals surface area (Å²) in [5.74, 6) is -0.386. The quantitative estimate of drug-likeness (QED) is 0.725. The molecule has 0 aliphatic carbocycles.